The van der Waals surface area contributed by atoms with Gasteiger partial charge >= 0.3 is 0 Å². The molecule has 0 atom stereocenters. The lowest BCUT2D eigenvalue weighted by Gasteiger charge is -2.14. The Morgan fingerprint density at radius 1 is 0.583 bits per heavy atom. The van der Waals surface area contributed by atoms with Crippen molar-refractivity contribution in [3.05, 3.63) is 102 Å². The lowest BCUT2D eigenvalue weighted by molar-refractivity contribution is 1.40. The Morgan fingerprint density at radius 2 is 1.21 bits per heavy atom. The molecule has 0 aromatic heterocycles. The summed E-state index contributed by atoms with van der Waals surface area (Å²) in [5.41, 5.74) is 3.82. The standard InChI is InChI=1S/C24H17/c1-16-5-7-17(8-6-16)15-21-12-11-20-10-9-18-3-2-4-19-13-14-22(21)24(20)23(18)19/h2-15H,1H3. The van der Waals surface area contributed by atoms with Gasteiger partial charge in [-0.15, -0.1) is 0 Å². The fraction of sp³-hybridized carbons (Fsp3) is 0.0417. The molecule has 0 spiro atoms. The second-order valence-electron chi connectivity index (χ2n) is 6.57. The molecule has 0 aliphatic rings. The number of hydrogen-bond acceptors (Lipinski definition) is 0. The first kappa shape index (κ1) is 13.6. The van der Waals surface area contributed by atoms with Gasteiger partial charge in [0.2, 0.25) is 0 Å². The minimum Gasteiger partial charge on any atom is -0.0610 e. The third-order valence-electron chi connectivity index (χ3n) is 4.96. The van der Waals surface area contributed by atoms with Crippen LogP contribution >= 0.6 is 0 Å². The van der Waals surface area contributed by atoms with Gasteiger partial charge in [-0.2, -0.15) is 0 Å². The molecule has 0 aliphatic heterocycles. The molecular formula is C24H17. The van der Waals surface area contributed by atoms with Gasteiger partial charge in [0.1, 0.15) is 0 Å². The fourth-order valence-corrected chi connectivity index (χ4v) is 3.73. The molecule has 0 fully saturated rings. The van der Waals surface area contributed by atoms with E-state index in [4.69, 9.17) is 0 Å². The fourth-order valence-electron chi connectivity index (χ4n) is 3.73. The van der Waals surface area contributed by atoms with Crippen molar-refractivity contribution in [2.24, 2.45) is 0 Å². The molecule has 0 saturated heterocycles. The van der Waals surface area contributed by atoms with Crippen LogP contribution < -0.4 is 0 Å². The van der Waals surface area contributed by atoms with Crippen LogP contribution in [0.5, 0.6) is 0 Å². The summed E-state index contributed by atoms with van der Waals surface area (Å²) in [4.78, 5) is 0. The quantitative estimate of drug-likeness (QED) is 0.327. The minimum atomic E-state index is 1.25. The first-order chi connectivity index (χ1) is 11.8. The van der Waals surface area contributed by atoms with E-state index in [1.165, 1.54) is 49.0 Å². The van der Waals surface area contributed by atoms with Gasteiger partial charge < -0.3 is 0 Å². The van der Waals surface area contributed by atoms with Crippen molar-refractivity contribution in [3.63, 3.8) is 0 Å². The zero-order valence-corrected chi connectivity index (χ0v) is 13.6. The van der Waals surface area contributed by atoms with Crippen LogP contribution in [0, 0.1) is 13.3 Å². The molecule has 0 saturated carbocycles. The van der Waals surface area contributed by atoms with Crippen LogP contribution in [-0.4, -0.2) is 0 Å². The number of aryl methyl sites for hydroxylation is 1. The second kappa shape index (κ2) is 5.07. The molecule has 5 aromatic carbocycles. The van der Waals surface area contributed by atoms with Crippen molar-refractivity contribution in [1.82, 2.24) is 0 Å². The summed E-state index contributed by atoms with van der Waals surface area (Å²) in [5.74, 6) is 0. The van der Waals surface area contributed by atoms with Gasteiger partial charge in [0.05, 0.1) is 0 Å². The van der Waals surface area contributed by atoms with Gasteiger partial charge in [-0.05, 0) is 50.4 Å². The van der Waals surface area contributed by atoms with Gasteiger partial charge in [-0.3, -0.25) is 0 Å². The smallest absolute Gasteiger partial charge is 0.0205 e. The SMILES string of the molecule is Cc1ccc([CH]c2ccc3ccc4cccc5ccc2c3c45)cc1. The van der Waals surface area contributed by atoms with Crippen molar-refractivity contribution in [3.8, 4) is 0 Å². The lowest BCUT2D eigenvalue weighted by atomic mass is 9.90. The summed E-state index contributed by atoms with van der Waals surface area (Å²) in [6.45, 7) is 2.12. The maximum Gasteiger partial charge on any atom is 0.0205 e. The molecule has 0 N–H and O–H groups in total. The molecule has 0 heterocycles. The third-order valence-corrected chi connectivity index (χ3v) is 4.96. The van der Waals surface area contributed by atoms with E-state index in [-0.39, 0.29) is 0 Å². The monoisotopic (exact) mass is 305 g/mol. The van der Waals surface area contributed by atoms with Crippen molar-refractivity contribution in [2.45, 2.75) is 6.92 Å². The van der Waals surface area contributed by atoms with E-state index in [2.05, 4.69) is 92.2 Å². The molecule has 0 heteroatoms. The summed E-state index contributed by atoms with van der Waals surface area (Å²) < 4.78 is 0. The van der Waals surface area contributed by atoms with Crippen LogP contribution in [0.4, 0.5) is 0 Å². The van der Waals surface area contributed by atoms with Crippen LogP contribution in [0.2, 0.25) is 0 Å². The molecule has 0 amide bonds. The maximum atomic E-state index is 2.28. The summed E-state index contributed by atoms with van der Waals surface area (Å²) in [6, 6.07) is 28.7. The van der Waals surface area contributed by atoms with E-state index >= 15 is 0 Å². The highest BCUT2D eigenvalue weighted by molar-refractivity contribution is 6.23. The van der Waals surface area contributed by atoms with Crippen molar-refractivity contribution in [2.75, 3.05) is 0 Å². The lowest BCUT2D eigenvalue weighted by Crippen LogP contribution is -1.90. The Hall–Kier alpha value is -2.86. The summed E-state index contributed by atoms with van der Waals surface area (Å²) >= 11 is 0. The van der Waals surface area contributed by atoms with E-state index in [9.17, 15) is 0 Å². The van der Waals surface area contributed by atoms with Gasteiger partial charge in [0, 0.05) is 6.42 Å². The first-order valence-electron chi connectivity index (χ1n) is 8.37. The third kappa shape index (κ3) is 2.00. The first-order valence-corrected chi connectivity index (χ1v) is 8.37. The predicted octanol–water partition coefficient (Wildman–Crippen LogP) is 6.49. The van der Waals surface area contributed by atoms with Gasteiger partial charge in [0.15, 0.2) is 0 Å². The van der Waals surface area contributed by atoms with Crippen molar-refractivity contribution >= 4 is 32.3 Å². The van der Waals surface area contributed by atoms with Crippen LogP contribution in [0.15, 0.2) is 78.9 Å². The van der Waals surface area contributed by atoms with E-state index in [1.807, 2.05) is 0 Å². The zero-order chi connectivity index (χ0) is 16.1. The summed E-state index contributed by atoms with van der Waals surface area (Å²) in [7, 11) is 0. The van der Waals surface area contributed by atoms with Crippen molar-refractivity contribution in [1.29, 1.82) is 0 Å². The highest BCUT2D eigenvalue weighted by Gasteiger charge is 2.11. The van der Waals surface area contributed by atoms with E-state index in [0.717, 1.165) is 0 Å². The van der Waals surface area contributed by atoms with E-state index < -0.39 is 0 Å². The zero-order valence-electron chi connectivity index (χ0n) is 13.6. The Kier molecular flexibility index (Phi) is 2.87. The Bertz CT molecular complexity index is 1150. The van der Waals surface area contributed by atoms with Crippen LogP contribution in [0.1, 0.15) is 16.7 Å². The van der Waals surface area contributed by atoms with Gasteiger partial charge in [-0.25, -0.2) is 0 Å². The predicted molar refractivity (Wildman–Crippen MR) is 104 cm³/mol. The van der Waals surface area contributed by atoms with E-state index in [1.54, 1.807) is 0 Å². The molecule has 0 nitrogen and oxygen atoms in total. The van der Waals surface area contributed by atoms with Crippen LogP contribution in [0.3, 0.4) is 0 Å². The highest BCUT2D eigenvalue weighted by Crippen LogP contribution is 2.36. The van der Waals surface area contributed by atoms with Gasteiger partial charge in [-0.1, -0.05) is 84.4 Å². The average Bonchev–Trinajstić information content (AvgIpc) is 2.63. The molecule has 0 aliphatic carbocycles. The number of hydrogen-bond donors (Lipinski definition) is 0. The summed E-state index contributed by atoms with van der Waals surface area (Å²) in [5, 5.41) is 8.04. The van der Waals surface area contributed by atoms with Crippen LogP contribution in [-0.2, 0) is 0 Å². The van der Waals surface area contributed by atoms with Gasteiger partial charge in [0.25, 0.3) is 0 Å². The normalized spacial score (nSPS) is 11.7. The molecule has 0 unspecified atom stereocenters. The highest BCUT2D eigenvalue weighted by atomic mass is 14.1. The molecule has 5 rings (SSSR count). The molecule has 0 bridgehead atoms. The topological polar surface area (TPSA) is 0 Å². The molecule has 5 aromatic rings. The molecule has 113 valence electrons. The van der Waals surface area contributed by atoms with Crippen LogP contribution in [0.25, 0.3) is 32.3 Å². The summed E-state index contributed by atoms with van der Waals surface area (Å²) in [6.07, 6.45) is 2.28. The maximum absolute atomic E-state index is 2.28. The Balaban J connectivity index is 1.79. The Labute approximate surface area is 141 Å². The Morgan fingerprint density at radius 3 is 1.96 bits per heavy atom. The molecular weight excluding hydrogens is 288 g/mol. The minimum absolute atomic E-state index is 1.25. The van der Waals surface area contributed by atoms with Crippen molar-refractivity contribution < 1.29 is 0 Å². The molecule has 24 heavy (non-hydrogen) atoms. The van der Waals surface area contributed by atoms with E-state index in [0.29, 0.717) is 0 Å². The largest absolute Gasteiger partial charge is 0.0610 e. The average molecular weight is 305 g/mol. The molecule has 1 radical (unpaired) electrons. The second-order valence-corrected chi connectivity index (χ2v) is 6.57. The number of benzene rings is 5. The number of rotatable bonds is 2.